The van der Waals surface area contributed by atoms with Crippen molar-refractivity contribution in [2.75, 3.05) is 6.54 Å². The van der Waals surface area contributed by atoms with Crippen LogP contribution in [0.15, 0.2) is 30.5 Å². The lowest BCUT2D eigenvalue weighted by atomic mass is 9.86. The number of rotatable bonds is 2. The summed E-state index contributed by atoms with van der Waals surface area (Å²) in [6.07, 6.45) is 3.41. The topological polar surface area (TPSA) is 49.0 Å². The average molecular weight is 313 g/mol. The van der Waals surface area contributed by atoms with Crippen molar-refractivity contribution in [2.24, 2.45) is 5.41 Å². The van der Waals surface area contributed by atoms with Gasteiger partial charge < -0.3 is 4.90 Å². The molecule has 1 aliphatic heterocycles. The van der Waals surface area contributed by atoms with Gasteiger partial charge >= 0.3 is 0 Å². The normalized spacial score (nSPS) is 25.1. The molecule has 1 unspecified atom stereocenters. The predicted molar refractivity (Wildman–Crippen MR) is 84.2 cm³/mol. The summed E-state index contributed by atoms with van der Waals surface area (Å²) in [5.74, 6) is -0.114. The minimum atomic E-state index is -0.526. The van der Waals surface area contributed by atoms with Crippen LogP contribution >= 0.6 is 0 Å². The predicted octanol–water partition coefficient (Wildman–Crippen LogP) is 2.80. The lowest BCUT2D eigenvalue weighted by Gasteiger charge is -2.32. The number of nitrogens with zero attached hydrogens (tertiary/aromatic N) is 2. The van der Waals surface area contributed by atoms with Gasteiger partial charge in [0.05, 0.1) is 11.6 Å². The van der Waals surface area contributed by atoms with Gasteiger partial charge in [0.2, 0.25) is 5.91 Å². The molecule has 1 aliphatic carbocycles. The summed E-state index contributed by atoms with van der Waals surface area (Å²) >= 11 is 0. The molecule has 23 heavy (non-hydrogen) atoms. The Labute approximate surface area is 134 Å². The van der Waals surface area contributed by atoms with Gasteiger partial charge in [-0.1, -0.05) is 26.0 Å². The summed E-state index contributed by atoms with van der Waals surface area (Å²) in [5, 5.41) is 7.06. The molecule has 1 amide bonds. The molecule has 5 heteroatoms. The van der Waals surface area contributed by atoms with Crippen LogP contribution in [-0.4, -0.2) is 27.5 Å². The highest BCUT2D eigenvalue weighted by Gasteiger charge is 2.68. The number of hydrogen-bond acceptors (Lipinski definition) is 2. The van der Waals surface area contributed by atoms with E-state index in [2.05, 4.69) is 24.0 Å². The van der Waals surface area contributed by atoms with Gasteiger partial charge in [-0.15, -0.1) is 0 Å². The second-order valence-corrected chi connectivity index (χ2v) is 7.32. The Kier molecular flexibility index (Phi) is 2.92. The number of H-pyrrole nitrogens is 1. The summed E-state index contributed by atoms with van der Waals surface area (Å²) in [7, 11) is 0. The van der Waals surface area contributed by atoms with Crippen molar-refractivity contribution in [1.29, 1.82) is 0 Å². The zero-order chi connectivity index (χ0) is 16.2. The van der Waals surface area contributed by atoms with Crippen LogP contribution in [0.3, 0.4) is 0 Å². The van der Waals surface area contributed by atoms with Crippen LogP contribution in [0.5, 0.6) is 0 Å². The van der Waals surface area contributed by atoms with E-state index in [1.165, 1.54) is 12.1 Å². The molecule has 1 aromatic carbocycles. The maximum Gasteiger partial charge on any atom is 0.234 e. The van der Waals surface area contributed by atoms with E-state index in [9.17, 15) is 9.18 Å². The summed E-state index contributed by atoms with van der Waals surface area (Å²) in [4.78, 5) is 15.2. The number of nitrogens with one attached hydrogen (secondary N) is 1. The van der Waals surface area contributed by atoms with Crippen LogP contribution < -0.4 is 0 Å². The van der Waals surface area contributed by atoms with Gasteiger partial charge in [0.15, 0.2) is 0 Å². The maximum absolute atomic E-state index is 13.3. The van der Waals surface area contributed by atoms with E-state index in [1.807, 2.05) is 4.90 Å². The molecule has 0 bridgehead atoms. The number of carbonyl (C=O) groups excluding carboxylic acids is 1. The number of hydrogen-bond donors (Lipinski definition) is 1. The van der Waals surface area contributed by atoms with Crippen molar-refractivity contribution >= 4 is 5.91 Å². The first-order valence-corrected chi connectivity index (χ1v) is 8.01. The summed E-state index contributed by atoms with van der Waals surface area (Å²) in [5.41, 5.74) is 2.52. The molecule has 1 N–H and O–H groups in total. The third-order valence-electron chi connectivity index (χ3n) is 5.53. The quantitative estimate of drug-likeness (QED) is 0.927. The average Bonchev–Trinajstić information content (AvgIpc) is 2.91. The first-order chi connectivity index (χ1) is 10.9. The van der Waals surface area contributed by atoms with Gasteiger partial charge in [-0.3, -0.25) is 9.89 Å². The van der Waals surface area contributed by atoms with E-state index in [0.29, 0.717) is 13.1 Å². The van der Waals surface area contributed by atoms with Gasteiger partial charge in [-0.2, -0.15) is 5.10 Å². The zero-order valence-corrected chi connectivity index (χ0v) is 13.4. The molecule has 4 nitrogen and oxygen atoms in total. The van der Waals surface area contributed by atoms with Crippen molar-refractivity contribution in [2.45, 2.75) is 38.6 Å². The van der Waals surface area contributed by atoms with Crippen LogP contribution in [0.1, 0.15) is 37.1 Å². The first kappa shape index (κ1) is 14.4. The van der Waals surface area contributed by atoms with E-state index in [1.54, 1.807) is 18.3 Å². The van der Waals surface area contributed by atoms with Gasteiger partial charge in [0, 0.05) is 30.8 Å². The molecule has 2 heterocycles. The van der Waals surface area contributed by atoms with Crippen LogP contribution in [0.25, 0.3) is 0 Å². The van der Waals surface area contributed by atoms with E-state index < -0.39 is 5.41 Å². The fourth-order valence-electron chi connectivity index (χ4n) is 4.00. The minimum absolute atomic E-state index is 0.0986. The monoisotopic (exact) mass is 313 g/mol. The minimum Gasteiger partial charge on any atom is -0.337 e. The van der Waals surface area contributed by atoms with Gasteiger partial charge in [0.25, 0.3) is 0 Å². The molecule has 4 rings (SSSR count). The number of halogens is 1. The van der Waals surface area contributed by atoms with Gasteiger partial charge in [-0.05, 0) is 29.5 Å². The number of aromatic amines is 1. The van der Waals surface area contributed by atoms with Crippen LogP contribution in [-0.2, 0) is 23.2 Å². The molecule has 1 fully saturated rings. The highest BCUT2D eigenvalue weighted by Crippen LogP contribution is 2.65. The molecular formula is C18H20FN3O. The number of aromatic nitrogens is 2. The SMILES string of the molecule is CC1(C)CC1(C(=O)N1CCc2[nH]ncc2C1)c1ccc(F)cc1. The van der Waals surface area contributed by atoms with Crippen molar-refractivity contribution in [1.82, 2.24) is 15.1 Å². The summed E-state index contributed by atoms with van der Waals surface area (Å²) in [6, 6.07) is 6.41. The molecule has 0 radical (unpaired) electrons. The van der Waals surface area contributed by atoms with E-state index in [0.717, 1.165) is 29.7 Å². The molecular weight excluding hydrogens is 293 g/mol. The van der Waals surface area contributed by atoms with E-state index in [4.69, 9.17) is 0 Å². The Hall–Kier alpha value is -2.17. The van der Waals surface area contributed by atoms with Crippen LogP contribution in [0.4, 0.5) is 4.39 Å². The number of benzene rings is 1. The summed E-state index contributed by atoms with van der Waals surface area (Å²) in [6.45, 7) is 5.53. The smallest absolute Gasteiger partial charge is 0.234 e. The lowest BCUT2D eigenvalue weighted by molar-refractivity contribution is -0.135. The van der Waals surface area contributed by atoms with E-state index >= 15 is 0 Å². The van der Waals surface area contributed by atoms with Crippen molar-refractivity contribution in [3.05, 3.63) is 53.1 Å². The zero-order valence-electron chi connectivity index (χ0n) is 13.4. The van der Waals surface area contributed by atoms with Crippen LogP contribution in [0.2, 0.25) is 0 Å². The van der Waals surface area contributed by atoms with Crippen LogP contribution in [0, 0.1) is 11.2 Å². The molecule has 0 saturated heterocycles. The fraction of sp³-hybridized carbons (Fsp3) is 0.444. The molecule has 1 atom stereocenters. The lowest BCUT2D eigenvalue weighted by Crippen LogP contribution is -2.44. The second kappa shape index (κ2) is 4.66. The number of amides is 1. The molecule has 2 aliphatic rings. The van der Waals surface area contributed by atoms with Crippen molar-refractivity contribution < 1.29 is 9.18 Å². The molecule has 120 valence electrons. The van der Waals surface area contributed by atoms with Gasteiger partial charge in [-0.25, -0.2) is 4.39 Å². The highest BCUT2D eigenvalue weighted by atomic mass is 19.1. The number of fused-ring (bicyclic) bond motifs is 1. The largest absolute Gasteiger partial charge is 0.337 e. The Morgan fingerprint density at radius 1 is 1.30 bits per heavy atom. The Morgan fingerprint density at radius 3 is 2.65 bits per heavy atom. The Bertz CT molecular complexity index is 765. The van der Waals surface area contributed by atoms with E-state index in [-0.39, 0.29) is 17.1 Å². The highest BCUT2D eigenvalue weighted by molar-refractivity contribution is 5.93. The fourth-order valence-corrected chi connectivity index (χ4v) is 4.00. The first-order valence-electron chi connectivity index (χ1n) is 8.01. The van der Waals surface area contributed by atoms with Gasteiger partial charge in [0.1, 0.15) is 5.82 Å². The number of carbonyl (C=O) groups is 1. The standard InChI is InChI=1S/C18H20FN3O/c1-17(2)11-18(17,13-3-5-14(19)6-4-13)16(23)22-8-7-15-12(10-22)9-20-21-15/h3-6,9H,7-8,10-11H2,1-2H3,(H,20,21). The third kappa shape index (κ3) is 2.02. The maximum atomic E-state index is 13.3. The summed E-state index contributed by atoms with van der Waals surface area (Å²) < 4.78 is 13.3. The van der Waals surface area contributed by atoms with Crippen molar-refractivity contribution in [3.63, 3.8) is 0 Å². The second-order valence-electron chi connectivity index (χ2n) is 7.32. The van der Waals surface area contributed by atoms with Crippen molar-refractivity contribution in [3.8, 4) is 0 Å². The molecule has 1 aromatic heterocycles. The molecule has 2 aromatic rings. The Balaban J connectivity index is 1.67. The Morgan fingerprint density at radius 2 is 2.00 bits per heavy atom. The molecule has 1 saturated carbocycles. The molecule has 0 spiro atoms. The third-order valence-corrected chi connectivity index (χ3v) is 5.53.